The number of hydrogen-bond donors (Lipinski definition) is 0. The highest BCUT2D eigenvalue weighted by Crippen LogP contribution is 2.36. The second kappa shape index (κ2) is 7.81. The summed E-state index contributed by atoms with van der Waals surface area (Å²) < 4.78 is 28.0. The molecule has 0 bridgehead atoms. The molecule has 0 aliphatic carbocycles. The SMILES string of the molecule is CO[C@H]1O[C@H]2CO[C@H](c3ccccc3)O[C@@H]2[C@@H](N=[N+]=[N-])[C@H]1OC(C)=O. The minimum absolute atomic E-state index is 0.230. The van der Waals surface area contributed by atoms with Crippen molar-refractivity contribution in [1.82, 2.24) is 0 Å². The number of carbonyl (C=O) groups is 1. The van der Waals surface area contributed by atoms with E-state index < -0.39 is 42.9 Å². The van der Waals surface area contributed by atoms with Crippen LogP contribution in [0.15, 0.2) is 35.4 Å². The highest BCUT2D eigenvalue weighted by Gasteiger charge is 2.51. The van der Waals surface area contributed by atoms with Crippen molar-refractivity contribution in [2.45, 2.75) is 43.9 Å². The van der Waals surface area contributed by atoms with Gasteiger partial charge in [-0.1, -0.05) is 35.4 Å². The van der Waals surface area contributed by atoms with E-state index in [1.807, 2.05) is 30.3 Å². The lowest BCUT2D eigenvalue weighted by atomic mass is 9.95. The molecule has 6 atom stereocenters. The molecule has 1 aromatic carbocycles. The van der Waals surface area contributed by atoms with Crippen molar-refractivity contribution in [3.63, 3.8) is 0 Å². The highest BCUT2D eigenvalue weighted by atomic mass is 16.8. The first kappa shape index (κ1) is 17.7. The van der Waals surface area contributed by atoms with E-state index in [0.29, 0.717) is 0 Å². The smallest absolute Gasteiger partial charge is 0.303 e. The fourth-order valence-corrected chi connectivity index (χ4v) is 3.04. The molecule has 134 valence electrons. The Morgan fingerprint density at radius 3 is 2.72 bits per heavy atom. The molecule has 3 rings (SSSR count). The first-order chi connectivity index (χ1) is 12.1. The summed E-state index contributed by atoms with van der Waals surface area (Å²) >= 11 is 0. The standard InChI is InChI=1S/C16H19N3O6/c1-9(20)23-14-12(18-19-17)13-11(24-16(14)21-2)8-22-15(25-13)10-6-4-3-5-7-10/h3-7,11-16H,8H2,1-2H3/t11-,12+,13-,14+,15-,16-/m0/s1. The Morgan fingerprint density at radius 1 is 1.32 bits per heavy atom. The van der Waals surface area contributed by atoms with Crippen LogP contribution in [0.25, 0.3) is 10.4 Å². The molecular formula is C16H19N3O6. The number of ether oxygens (including phenoxy) is 5. The summed E-state index contributed by atoms with van der Waals surface area (Å²) in [4.78, 5) is 14.3. The van der Waals surface area contributed by atoms with Gasteiger partial charge in [-0.2, -0.15) is 0 Å². The van der Waals surface area contributed by atoms with Crippen LogP contribution in [0.4, 0.5) is 0 Å². The molecule has 0 radical (unpaired) electrons. The monoisotopic (exact) mass is 349 g/mol. The minimum Gasteiger partial charge on any atom is -0.457 e. The quantitative estimate of drug-likeness (QED) is 0.356. The molecule has 0 spiro atoms. The molecule has 0 unspecified atom stereocenters. The fraction of sp³-hybridized carbons (Fsp3) is 0.562. The fourth-order valence-electron chi connectivity index (χ4n) is 3.04. The van der Waals surface area contributed by atoms with Gasteiger partial charge in [0.1, 0.15) is 18.2 Å². The van der Waals surface area contributed by atoms with Gasteiger partial charge in [0.2, 0.25) is 0 Å². The third-order valence-corrected chi connectivity index (χ3v) is 4.10. The number of methoxy groups -OCH3 is 1. The maximum atomic E-state index is 11.4. The number of hydrogen-bond acceptors (Lipinski definition) is 7. The molecule has 2 fully saturated rings. The predicted molar refractivity (Wildman–Crippen MR) is 84.2 cm³/mol. The van der Waals surface area contributed by atoms with Crippen LogP contribution in [0.1, 0.15) is 18.8 Å². The number of benzene rings is 1. The zero-order valence-electron chi connectivity index (χ0n) is 13.8. The lowest BCUT2D eigenvalue weighted by molar-refractivity contribution is -0.338. The number of rotatable bonds is 4. The Balaban J connectivity index is 1.86. The lowest BCUT2D eigenvalue weighted by Gasteiger charge is -2.47. The number of nitrogens with zero attached hydrogens (tertiary/aromatic N) is 3. The number of esters is 1. The Morgan fingerprint density at radius 2 is 2.08 bits per heavy atom. The van der Waals surface area contributed by atoms with Crippen LogP contribution in [0, 0.1) is 0 Å². The third kappa shape index (κ3) is 3.76. The average molecular weight is 349 g/mol. The normalized spacial score (nSPS) is 34.5. The maximum Gasteiger partial charge on any atom is 0.303 e. The zero-order chi connectivity index (χ0) is 17.8. The zero-order valence-corrected chi connectivity index (χ0v) is 13.8. The van der Waals surface area contributed by atoms with Gasteiger partial charge >= 0.3 is 5.97 Å². The van der Waals surface area contributed by atoms with Crippen molar-refractivity contribution in [2.24, 2.45) is 5.11 Å². The van der Waals surface area contributed by atoms with Gasteiger partial charge in [0.05, 0.1) is 6.61 Å². The van der Waals surface area contributed by atoms with E-state index in [9.17, 15) is 4.79 Å². The predicted octanol–water partition coefficient (Wildman–Crippen LogP) is 2.08. The van der Waals surface area contributed by atoms with E-state index in [-0.39, 0.29) is 6.61 Å². The first-order valence-corrected chi connectivity index (χ1v) is 7.85. The maximum absolute atomic E-state index is 11.4. The molecule has 1 aromatic rings. The molecule has 25 heavy (non-hydrogen) atoms. The molecule has 2 saturated heterocycles. The molecule has 9 heteroatoms. The van der Waals surface area contributed by atoms with Crippen molar-refractivity contribution >= 4 is 5.97 Å². The summed E-state index contributed by atoms with van der Waals surface area (Å²) in [7, 11) is 1.42. The van der Waals surface area contributed by atoms with Crippen LogP contribution < -0.4 is 0 Å². The van der Waals surface area contributed by atoms with E-state index in [1.165, 1.54) is 14.0 Å². The summed E-state index contributed by atoms with van der Waals surface area (Å²) in [6, 6.07) is 8.59. The topological polar surface area (TPSA) is 112 Å². The summed E-state index contributed by atoms with van der Waals surface area (Å²) in [5.74, 6) is -0.529. The molecule has 0 saturated carbocycles. The second-order valence-corrected chi connectivity index (χ2v) is 5.72. The molecule has 2 aliphatic rings. The number of azide groups is 1. The average Bonchev–Trinajstić information content (AvgIpc) is 2.63. The van der Waals surface area contributed by atoms with Gasteiger partial charge < -0.3 is 23.7 Å². The third-order valence-electron chi connectivity index (χ3n) is 4.10. The summed E-state index contributed by atoms with van der Waals surface area (Å²) in [5.41, 5.74) is 9.78. The van der Waals surface area contributed by atoms with Crippen molar-refractivity contribution in [2.75, 3.05) is 13.7 Å². The van der Waals surface area contributed by atoms with Gasteiger partial charge in [0.15, 0.2) is 18.7 Å². The first-order valence-electron chi connectivity index (χ1n) is 7.85. The molecule has 2 heterocycles. The molecule has 2 aliphatic heterocycles. The lowest BCUT2D eigenvalue weighted by Crippen LogP contribution is -2.62. The van der Waals surface area contributed by atoms with Crippen molar-refractivity contribution in [1.29, 1.82) is 0 Å². The van der Waals surface area contributed by atoms with Crippen LogP contribution >= 0.6 is 0 Å². The van der Waals surface area contributed by atoms with E-state index in [0.717, 1.165) is 5.56 Å². The van der Waals surface area contributed by atoms with Crippen LogP contribution in [0.2, 0.25) is 0 Å². The van der Waals surface area contributed by atoms with Gasteiger partial charge in [-0.15, -0.1) is 0 Å². The van der Waals surface area contributed by atoms with Gasteiger partial charge in [-0.25, -0.2) is 0 Å². The van der Waals surface area contributed by atoms with Gasteiger partial charge in [0.25, 0.3) is 0 Å². The van der Waals surface area contributed by atoms with Crippen molar-refractivity contribution < 1.29 is 28.5 Å². The molecular weight excluding hydrogens is 330 g/mol. The largest absolute Gasteiger partial charge is 0.457 e. The van der Waals surface area contributed by atoms with Crippen molar-refractivity contribution in [3.8, 4) is 0 Å². The Labute approximate surface area is 144 Å². The van der Waals surface area contributed by atoms with Gasteiger partial charge in [-0.05, 0) is 5.53 Å². The number of carbonyl (C=O) groups excluding carboxylic acids is 1. The molecule has 0 aromatic heterocycles. The molecule has 0 amide bonds. The van der Waals surface area contributed by atoms with Crippen molar-refractivity contribution in [3.05, 3.63) is 46.3 Å². The van der Waals surface area contributed by atoms with E-state index in [2.05, 4.69) is 10.0 Å². The van der Waals surface area contributed by atoms with E-state index >= 15 is 0 Å². The van der Waals surface area contributed by atoms with E-state index in [1.54, 1.807) is 0 Å². The minimum atomic E-state index is -0.908. The Kier molecular flexibility index (Phi) is 5.52. The highest BCUT2D eigenvalue weighted by molar-refractivity contribution is 5.66. The Bertz CT molecular complexity index is 651. The molecule has 0 N–H and O–H groups in total. The van der Waals surface area contributed by atoms with Crippen LogP contribution in [0.3, 0.4) is 0 Å². The second-order valence-electron chi connectivity index (χ2n) is 5.72. The molecule has 9 nitrogen and oxygen atoms in total. The Hall–Kier alpha value is -2.16. The summed E-state index contributed by atoms with van der Waals surface area (Å²) in [6.07, 6.45) is -3.55. The number of fused-ring (bicyclic) bond motifs is 1. The van der Waals surface area contributed by atoms with Gasteiger partial charge in [0, 0.05) is 24.5 Å². The van der Waals surface area contributed by atoms with Crippen LogP contribution in [-0.2, 0) is 28.5 Å². The van der Waals surface area contributed by atoms with E-state index in [4.69, 9.17) is 29.2 Å². The van der Waals surface area contributed by atoms with Gasteiger partial charge in [-0.3, -0.25) is 4.79 Å². The van der Waals surface area contributed by atoms with Crippen LogP contribution in [0.5, 0.6) is 0 Å². The summed E-state index contributed by atoms with van der Waals surface area (Å²) in [5, 5.41) is 3.79. The van der Waals surface area contributed by atoms with Crippen LogP contribution in [-0.4, -0.2) is 50.3 Å². The summed E-state index contributed by atoms with van der Waals surface area (Å²) in [6.45, 7) is 1.50.